The van der Waals surface area contributed by atoms with Crippen LogP contribution in [0.5, 0.6) is 0 Å². The van der Waals surface area contributed by atoms with Crippen LogP contribution in [0.2, 0.25) is 0 Å². The first kappa shape index (κ1) is 15.9. The summed E-state index contributed by atoms with van der Waals surface area (Å²) < 4.78 is 31.0. The van der Waals surface area contributed by atoms with E-state index in [-0.39, 0.29) is 18.2 Å². The summed E-state index contributed by atoms with van der Waals surface area (Å²) in [5.74, 6) is -1.64. The van der Waals surface area contributed by atoms with Gasteiger partial charge in [-0.25, -0.2) is 12.7 Å². The van der Waals surface area contributed by atoms with Crippen molar-refractivity contribution >= 4 is 26.7 Å². The number of para-hydroxylation sites is 1. The molecule has 8 heteroatoms. The predicted octanol–water partition coefficient (Wildman–Crippen LogP) is 1.81. The highest BCUT2D eigenvalue weighted by molar-refractivity contribution is 7.89. The third-order valence-electron chi connectivity index (χ3n) is 4.64. The Morgan fingerprint density at radius 3 is 2.76 bits per heavy atom. The van der Waals surface area contributed by atoms with Crippen molar-refractivity contribution in [2.24, 2.45) is 0 Å². The number of carbonyl (C=O) groups excluding carboxylic acids is 1. The van der Waals surface area contributed by atoms with E-state index in [1.807, 2.05) is 12.1 Å². The van der Waals surface area contributed by atoms with E-state index < -0.39 is 27.2 Å². The van der Waals surface area contributed by atoms with Crippen LogP contribution in [0, 0.1) is 0 Å². The van der Waals surface area contributed by atoms with Crippen molar-refractivity contribution in [3.8, 4) is 0 Å². The van der Waals surface area contributed by atoms with Crippen LogP contribution in [-0.4, -0.2) is 40.9 Å². The number of fused-ring (bicyclic) bond motifs is 1. The molecular weight excluding hydrogens is 344 g/mol. The van der Waals surface area contributed by atoms with Gasteiger partial charge < -0.3 is 9.84 Å². The monoisotopic (exact) mass is 360 g/mol. The summed E-state index contributed by atoms with van der Waals surface area (Å²) in [5.41, 5.74) is -0.305. The van der Waals surface area contributed by atoms with Crippen LogP contribution in [0.25, 0.3) is 10.9 Å². The number of sulfonamides is 1. The van der Waals surface area contributed by atoms with Gasteiger partial charge >= 0.3 is 0 Å². The summed E-state index contributed by atoms with van der Waals surface area (Å²) in [4.78, 5) is 17.0. The molecule has 0 bridgehead atoms. The van der Waals surface area contributed by atoms with Gasteiger partial charge in [0.25, 0.3) is 11.7 Å². The third kappa shape index (κ3) is 2.21. The molecule has 1 aromatic carbocycles. The minimum Gasteiger partial charge on any atom is -0.501 e. The van der Waals surface area contributed by atoms with Crippen molar-refractivity contribution in [1.82, 2.24) is 9.29 Å². The largest absolute Gasteiger partial charge is 0.501 e. The lowest BCUT2D eigenvalue weighted by Crippen LogP contribution is -2.33. The SMILES string of the molecule is CC1(c2ccnc3ccccc23)OC(N2CCCS2(=O)=O)=C(O)C1=O. The van der Waals surface area contributed by atoms with E-state index >= 15 is 0 Å². The molecule has 2 aromatic rings. The second-order valence-corrected chi connectivity index (χ2v) is 8.25. The molecule has 1 unspecified atom stereocenters. The Bertz CT molecular complexity index is 1030. The first-order valence-corrected chi connectivity index (χ1v) is 9.47. The number of nitrogens with zero attached hydrogens (tertiary/aromatic N) is 2. The zero-order chi connectivity index (χ0) is 17.8. The van der Waals surface area contributed by atoms with E-state index in [2.05, 4.69) is 4.98 Å². The van der Waals surface area contributed by atoms with Crippen molar-refractivity contribution in [1.29, 1.82) is 0 Å². The molecule has 1 N–H and O–H groups in total. The highest BCUT2D eigenvalue weighted by Crippen LogP contribution is 2.42. The number of hydrogen-bond acceptors (Lipinski definition) is 6. The average molecular weight is 360 g/mol. The third-order valence-corrected chi connectivity index (χ3v) is 6.47. The van der Waals surface area contributed by atoms with Gasteiger partial charge in [-0.2, -0.15) is 0 Å². The number of ketones is 1. The van der Waals surface area contributed by atoms with Gasteiger partial charge in [0.2, 0.25) is 15.8 Å². The Labute approximate surface area is 144 Å². The van der Waals surface area contributed by atoms with Crippen LogP contribution < -0.4 is 0 Å². The van der Waals surface area contributed by atoms with Crippen LogP contribution in [0.4, 0.5) is 0 Å². The number of benzene rings is 1. The fourth-order valence-corrected chi connectivity index (χ4v) is 4.83. The number of rotatable bonds is 2. The second kappa shape index (κ2) is 5.19. The Balaban J connectivity index is 1.83. The molecular formula is C17H16N2O5S. The highest BCUT2D eigenvalue weighted by atomic mass is 32.2. The van der Waals surface area contributed by atoms with Gasteiger partial charge in [0.15, 0.2) is 5.60 Å². The van der Waals surface area contributed by atoms with Crippen LogP contribution in [0.3, 0.4) is 0 Å². The van der Waals surface area contributed by atoms with E-state index in [0.717, 1.165) is 4.31 Å². The lowest BCUT2D eigenvalue weighted by Gasteiger charge is -2.27. The van der Waals surface area contributed by atoms with Crippen LogP contribution >= 0.6 is 0 Å². The molecule has 0 aliphatic carbocycles. The zero-order valence-electron chi connectivity index (χ0n) is 13.5. The summed E-state index contributed by atoms with van der Waals surface area (Å²) >= 11 is 0. The number of pyridine rings is 1. The molecule has 130 valence electrons. The lowest BCUT2D eigenvalue weighted by molar-refractivity contribution is -0.132. The Kier molecular flexibility index (Phi) is 3.30. The first-order chi connectivity index (χ1) is 11.8. The van der Waals surface area contributed by atoms with Gasteiger partial charge in [-0.15, -0.1) is 0 Å². The molecule has 2 aliphatic heterocycles. The highest BCUT2D eigenvalue weighted by Gasteiger charge is 2.52. The van der Waals surface area contributed by atoms with Gasteiger partial charge in [-0.1, -0.05) is 18.2 Å². The molecule has 1 fully saturated rings. The molecule has 4 rings (SSSR count). The molecule has 2 aliphatic rings. The minimum atomic E-state index is -3.58. The summed E-state index contributed by atoms with van der Waals surface area (Å²) in [7, 11) is -3.58. The number of ether oxygens (including phenoxy) is 1. The summed E-state index contributed by atoms with van der Waals surface area (Å²) in [6.07, 6.45) is 1.98. The molecule has 0 saturated carbocycles. The zero-order valence-corrected chi connectivity index (χ0v) is 14.3. The van der Waals surface area contributed by atoms with Crippen molar-refractivity contribution < 1.29 is 23.1 Å². The van der Waals surface area contributed by atoms with Crippen LogP contribution in [0.15, 0.2) is 48.2 Å². The van der Waals surface area contributed by atoms with Gasteiger partial charge in [-0.3, -0.25) is 9.78 Å². The number of aliphatic hydroxyl groups excluding tert-OH is 1. The van der Waals surface area contributed by atoms with E-state index in [1.54, 1.807) is 24.4 Å². The van der Waals surface area contributed by atoms with Gasteiger partial charge in [0.1, 0.15) is 0 Å². The summed E-state index contributed by atoms with van der Waals surface area (Å²) in [6, 6.07) is 8.91. The standard InChI is InChI=1S/C17H16N2O5S/c1-17(12-7-8-18-13-6-3-2-5-11(12)13)15(21)14(20)16(24-17)19-9-4-10-25(19,22)23/h2-3,5-8,20H,4,9-10H2,1H3. The van der Waals surface area contributed by atoms with Crippen LogP contribution in [-0.2, 0) is 25.2 Å². The first-order valence-electron chi connectivity index (χ1n) is 7.86. The van der Waals surface area contributed by atoms with Crippen LogP contribution in [0.1, 0.15) is 18.9 Å². The maximum Gasteiger partial charge on any atom is 0.252 e. The van der Waals surface area contributed by atoms with E-state index in [4.69, 9.17) is 4.74 Å². The topological polar surface area (TPSA) is 96.8 Å². The van der Waals surface area contributed by atoms with Gasteiger partial charge in [-0.05, 0) is 25.5 Å². The molecule has 25 heavy (non-hydrogen) atoms. The molecule has 7 nitrogen and oxygen atoms in total. The number of aliphatic hydroxyl groups is 1. The maximum atomic E-state index is 12.8. The quantitative estimate of drug-likeness (QED) is 0.877. The normalized spacial score (nSPS) is 25.6. The Morgan fingerprint density at radius 1 is 1.28 bits per heavy atom. The predicted molar refractivity (Wildman–Crippen MR) is 90.0 cm³/mol. The molecule has 0 radical (unpaired) electrons. The van der Waals surface area contributed by atoms with Crippen molar-refractivity contribution in [2.45, 2.75) is 18.9 Å². The number of hydrogen-bond donors (Lipinski definition) is 1. The fourth-order valence-electron chi connectivity index (χ4n) is 3.34. The van der Waals surface area contributed by atoms with E-state index in [9.17, 15) is 18.3 Å². The average Bonchev–Trinajstić information content (AvgIpc) is 3.06. The Morgan fingerprint density at radius 2 is 2.04 bits per heavy atom. The number of carbonyl (C=O) groups is 1. The molecule has 0 amide bonds. The van der Waals surface area contributed by atoms with Gasteiger partial charge in [0, 0.05) is 23.7 Å². The van der Waals surface area contributed by atoms with E-state index in [0.29, 0.717) is 22.9 Å². The molecule has 1 atom stereocenters. The number of aromatic nitrogens is 1. The summed E-state index contributed by atoms with van der Waals surface area (Å²) in [6.45, 7) is 1.71. The number of Topliss-reactive ketones (excluding diaryl/α,β-unsaturated/α-hetero) is 1. The van der Waals surface area contributed by atoms with Crippen molar-refractivity contribution in [3.63, 3.8) is 0 Å². The Hall–Kier alpha value is -2.61. The van der Waals surface area contributed by atoms with Crippen molar-refractivity contribution in [3.05, 3.63) is 53.7 Å². The van der Waals surface area contributed by atoms with Gasteiger partial charge in [0.05, 0.1) is 11.3 Å². The molecule has 1 aromatic heterocycles. The second-order valence-electron chi connectivity index (χ2n) is 6.24. The van der Waals surface area contributed by atoms with Crippen molar-refractivity contribution in [2.75, 3.05) is 12.3 Å². The summed E-state index contributed by atoms with van der Waals surface area (Å²) in [5, 5.41) is 11.0. The lowest BCUT2D eigenvalue weighted by atomic mass is 9.89. The molecule has 0 spiro atoms. The molecule has 3 heterocycles. The smallest absolute Gasteiger partial charge is 0.252 e. The fraction of sp³-hybridized carbons (Fsp3) is 0.294. The minimum absolute atomic E-state index is 0.0315. The molecule has 1 saturated heterocycles. The maximum absolute atomic E-state index is 12.8. The van der Waals surface area contributed by atoms with E-state index in [1.165, 1.54) is 6.92 Å².